The summed E-state index contributed by atoms with van der Waals surface area (Å²) < 4.78 is 0.795. The quantitative estimate of drug-likeness (QED) is 0.860. The van der Waals surface area contributed by atoms with E-state index in [-0.39, 0.29) is 11.8 Å². The predicted octanol–water partition coefficient (Wildman–Crippen LogP) is 3.09. The second-order valence-electron chi connectivity index (χ2n) is 2.84. The SMILES string of the molecule is CNC(C)c1cc(Br)c(Cl)cc1O. The number of phenolic OH excluding ortho intramolecular Hbond substituents is 1. The maximum absolute atomic E-state index is 9.57. The smallest absolute Gasteiger partial charge is 0.121 e. The zero-order chi connectivity index (χ0) is 10.0. The van der Waals surface area contributed by atoms with Gasteiger partial charge in [0.1, 0.15) is 5.75 Å². The molecule has 4 heteroatoms. The molecule has 0 heterocycles. The second-order valence-corrected chi connectivity index (χ2v) is 4.10. The average molecular weight is 265 g/mol. The monoisotopic (exact) mass is 263 g/mol. The normalized spacial score (nSPS) is 12.9. The Kier molecular flexibility index (Phi) is 3.59. The molecule has 0 aliphatic heterocycles. The van der Waals surface area contributed by atoms with Gasteiger partial charge < -0.3 is 10.4 Å². The molecule has 0 spiro atoms. The van der Waals surface area contributed by atoms with Crippen LogP contribution >= 0.6 is 27.5 Å². The first-order valence-corrected chi connectivity index (χ1v) is 5.08. The number of nitrogens with one attached hydrogen (secondary N) is 1. The minimum Gasteiger partial charge on any atom is -0.508 e. The van der Waals surface area contributed by atoms with Crippen molar-refractivity contribution in [3.05, 3.63) is 27.2 Å². The molecule has 1 unspecified atom stereocenters. The van der Waals surface area contributed by atoms with E-state index in [4.69, 9.17) is 11.6 Å². The molecule has 0 aliphatic carbocycles. The Balaban J connectivity index is 3.15. The molecule has 2 nitrogen and oxygen atoms in total. The summed E-state index contributed by atoms with van der Waals surface area (Å²) in [6.45, 7) is 1.97. The van der Waals surface area contributed by atoms with Crippen molar-refractivity contribution in [3.8, 4) is 5.75 Å². The number of halogens is 2. The van der Waals surface area contributed by atoms with Gasteiger partial charge in [0.2, 0.25) is 0 Å². The third kappa shape index (κ3) is 2.36. The van der Waals surface area contributed by atoms with Crippen LogP contribution in [0.2, 0.25) is 5.02 Å². The van der Waals surface area contributed by atoms with Crippen LogP contribution in [0.4, 0.5) is 0 Å². The Labute approximate surface area is 91.0 Å². The van der Waals surface area contributed by atoms with Crippen LogP contribution in [-0.2, 0) is 0 Å². The maximum atomic E-state index is 9.57. The lowest BCUT2D eigenvalue weighted by Gasteiger charge is -2.13. The van der Waals surface area contributed by atoms with Gasteiger partial charge in [0.05, 0.1) is 5.02 Å². The van der Waals surface area contributed by atoms with E-state index in [0.717, 1.165) is 10.0 Å². The van der Waals surface area contributed by atoms with Crippen molar-refractivity contribution in [3.63, 3.8) is 0 Å². The summed E-state index contributed by atoms with van der Waals surface area (Å²) in [5.74, 6) is 0.218. The van der Waals surface area contributed by atoms with Crippen LogP contribution in [0.25, 0.3) is 0 Å². The summed E-state index contributed by atoms with van der Waals surface area (Å²) in [5.41, 5.74) is 0.832. The molecule has 1 atom stereocenters. The fraction of sp³-hybridized carbons (Fsp3) is 0.333. The molecule has 0 aliphatic rings. The van der Waals surface area contributed by atoms with Crippen molar-refractivity contribution in [1.82, 2.24) is 5.32 Å². The van der Waals surface area contributed by atoms with Crippen molar-refractivity contribution in [2.45, 2.75) is 13.0 Å². The zero-order valence-corrected chi connectivity index (χ0v) is 9.78. The van der Waals surface area contributed by atoms with Gasteiger partial charge >= 0.3 is 0 Å². The molecule has 2 N–H and O–H groups in total. The van der Waals surface area contributed by atoms with Gasteiger partial charge in [0.15, 0.2) is 0 Å². The van der Waals surface area contributed by atoms with E-state index in [1.807, 2.05) is 20.0 Å². The standard InChI is InChI=1S/C9H11BrClNO/c1-5(12-2)6-3-7(10)8(11)4-9(6)13/h3-5,12-13H,1-2H3. The summed E-state index contributed by atoms with van der Waals surface area (Å²) in [6, 6.07) is 3.46. The van der Waals surface area contributed by atoms with Gasteiger partial charge in [-0.3, -0.25) is 0 Å². The molecule has 0 saturated heterocycles. The van der Waals surface area contributed by atoms with Gasteiger partial charge in [-0.2, -0.15) is 0 Å². The molecular weight excluding hydrogens is 253 g/mol. The molecule has 0 amide bonds. The summed E-state index contributed by atoms with van der Waals surface area (Å²) in [4.78, 5) is 0. The first-order chi connectivity index (χ1) is 6.06. The third-order valence-corrected chi connectivity index (χ3v) is 3.17. The molecule has 0 aromatic heterocycles. The molecule has 0 saturated carbocycles. The molecule has 13 heavy (non-hydrogen) atoms. The van der Waals surface area contributed by atoms with E-state index in [9.17, 15) is 5.11 Å². The Morgan fingerprint density at radius 2 is 2.15 bits per heavy atom. The van der Waals surface area contributed by atoms with Crippen LogP contribution < -0.4 is 5.32 Å². The van der Waals surface area contributed by atoms with Gasteiger partial charge in [-0.25, -0.2) is 0 Å². The number of hydrogen-bond donors (Lipinski definition) is 2. The fourth-order valence-electron chi connectivity index (χ4n) is 1.05. The topological polar surface area (TPSA) is 32.3 Å². The molecule has 1 aromatic carbocycles. The molecule has 1 rings (SSSR count). The fourth-order valence-corrected chi connectivity index (χ4v) is 1.57. The second kappa shape index (κ2) is 4.31. The highest BCUT2D eigenvalue weighted by atomic mass is 79.9. The summed E-state index contributed by atoms with van der Waals surface area (Å²) in [5, 5.41) is 13.1. The number of aromatic hydroxyl groups is 1. The molecule has 0 radical (unpaired) electrons. The third-order valence-electron chi connectivity index (χ3n) is 1.97. The molecule has 72 valence electrons. The largest absolute Gasteiger partial charge is 0.508 e. The molecular formula is C9H11BrClNO. The van der Waals surface area contributed by atoms with Crippen LogP contribution in [0.3, 0.4) is 0 Å². The Morgan fingerprint density at radius 1 is 1.54 bits per heavy atom. The van der Waals surface area contributed by atoms with Gasteiger partial charge in [0, 0.05) is 16.1 Å². The summed E-state index contributed by atoms with van der Waals surface area (Å²) in [7, 11) is 1.84. The Hall–Kier alpha value is -0.250. The van der Waals surface area contributed by atoms with E-state index in [2.05, 4.69) is 21.2 Å². The van der Waals surface area contributed by atoms with Crippen molar-refractivity contribution in [1.29, 1.82) is 0 Å². The first-order valence-electron chi connectivity index (χ1n) is 3.91. The van der Waals surface area contributed by atoms with Crippen molar-refractivity contribution in [2.24, 2.45) is 0 Å². The summed E-state index contributed by atoms with van der Waals surface area (Å²) >= 11 is 9.11. The molecule has 0 bridgehead atoms. The van der Waals surface area contributed by atoms with Gasteiger partial charge in [-0.15, -0.1) is 0 Å². The number of phenols is 1. The predicted molar refractivity (Wildman–Crippen MR) is 58.3 cm³/mol. The first kappa shape index (κ1) is 10.8. The van der Waals surface area contributed by atoms with Gasteiger partial charge in [-0.1, -0.05) is 11.6 Å². The van der Waals surface area contributed by atoms with Crippen molar-refractivity contribution >= 4 is 27.5 Å². The van der Waals surface area contributed by atoms with Crippen LogP contribution in [0.5, 0.6) is 5.75 Å². The number of benzene rings is 1. The van der Waals surface area contributed by atoms with E-state index in [1.54, 1.807) is 0 Å². The number of rotatable bonds is 2. The zero-order valence-electron chi connectivity index (χ0n) is 7.44. The van der Waals surface area contributed by atoms with Crippen LogP contribution in [0, 0.1) is 0 Å². The molecule has 1 aromatic rings. The summed E-state index contributed by atoms with van der Waals surface area (Å²) in [6.07, 6.45) is 0. The van der Waals surface area contributed by atoms with Crippen molar-refractivity contribution in [2.75, 3.05) is 7.05 Å². The van der Waals surface area contributed by atoms with Crippen molar-refractivity contribution < 1.29 is 5.11 Å². The van der Waals surface area contributed by atoms with E-state index in [1.165, 1.54) is 6.07 Å². The Bertz CT molecular complexity index is 317. The van der Waals surface area contributed by atoms with E-state index < -0.39 is 0 Å². The highest BCUT2D eigenvalue weighted by Crippen LogP contribution is 2.33. The lowest BCUT2D eigenvalue weighted by atomic mass is 10.1. The average Bonchev–Trinajstić information content (AvgIpc) is 2.10. The highest BCUT2D eigenvalue weighted by molar-refractivity contribution is 9.10. The van der Waals surface area contributed by atoms with E-state index in [0.29, 0.717) is 5.02 Å². The lowest BCUT2D eigenvalue weighted by molar-refractivity contribution is 0.458. The maximum Gasteiger partial charge on any atom is 0.121 e. The van der Waals surface area contributed by atoms with Crippen LogP contribution in [0.15, 0.2) is 16.6 Å². The van der Waals surface area contributed by atoms with Gasteiger partial charge in [0.25, 0.3) is 0 Å². The van der Waals surface area contributed by atoms with Gasteiger partial charge in [-0.05, 0) is 42.0 Å². The minimum atomic E-state index is 0.105. The van der Waals surface area contributed by atoms with Crippen LogP contribution in [0.1, 0.15) is 18.5 Å². The Morgan fingerprint density at radius 3 is 2.69 bits per heavy atom. The number of hydrogen-bond acceptors (Lipinski definition) is 2. The van der Waals surface area contributed by atoms with E-state index >= 15 is 0 Å². The molecule has 0 fully saturated rings. The van der Waals surface area contributed by atoms with Crippen LogP contribution in [-0.4, -0.2) is 12.2 Å². The lowest BCUT2D eigenvalue weighted by Crippen LogP contribution is -2.12. The minimum absolute atomic E-state index is 0.105. The highest BCUT2D eigenvalue weighted by Gasteiger charge is 2.10.